The summed E-state index contributed by atoms with van der Waals surface area (Å²) in [6.45, 7) is 3.93. The summed E-state index contributed by atoms with van der Waals surface area (Å²) in [5, 5.41) is 11.2. The Balaban J connectivity index is 1.72. The van der Waals surface area contributed by atoms with E-state index in [0.717, 1.165) is 28.0 Å². The first-order chi connectivity index (χ1) is 15.5. The molecule has 1 N–H and O–H groups in total. The molecule has 0 bridgehead atoms. The molecule has 0 aliphatic carbocycles. The Morgan fingerprint density at radius 2 is 1.59 bits per heavy atom. The highest BCUT2D eigenvalue weighted by Gasteiger charge is 2.39. The van der Waals surface area contributed by atoms with E-state index >= 15 is 0 Å². The number of carbonyl (C=O) groups excluding carboxylic acids is 1. The number of aromatic nitrogens is 2. The molecule has 1 aromatic heterocycles. The van der Waals surface area contributed by atoms with Crippen molar-refractivity contribution in [1.29, 1.82) is 0 Å². The van der Waals surface area contributed by atoms with Gasteiger partial charge in [-0.3, -0.25) is 4.79 Å². The third-order valence-electron chi connectivity index (χ3n) is 5.68. The molecule has 3 aromatic carbocycles. The van der Waals surface area contributed by atoms with Crippen LogP contribution in [0.2, 0.25) is 0 Å². The topological polar surface area (TPSA) is 64.1 Å². The van der Waals surface area contributed by atoms with Gasteiger partial charge in [0.05, 0.1) is 12.5 Å². The molecule has 0 radical (unpaired) electrons. The van der Waals surface area contributed by atoms with Crippen molar-refractivity contribution in [2.24, 2.45) is 5.41 Å². The van der Waals surface area contributed by atoms with Crippen LogP contribution in [-0.4, -0.2) is 23.2 Å². The number of methoxy groups -OCH3 is 1. The molecule has 4 aromatic rings. The summed E-state index contributed by atoms with van der Waals surface area (Å²) in [6, 6.07) is 26.5. The number of nitrogens with zero attached hydrogens (tertiary/aromatic N) is 2. The van der Waals surface area contributed by atoms with E-state index in [1.165, 1.54) is 11.3 Å². The zero-order valence-electron chi connectivity index (χ0n) is 18.3. The van der Waals surface area contributed by atoms with Crippen molar-refractivity contribution < 1.29 is 9.53 Å². The zero-order valence-corrected chi connectivity index (χ0v) is 19.1. The highest BCUT2D eigenvalue weighted by molar-refractivity contribution is 7.13. The summed E-state index contributed by atoms with van der Waals surface area (Å²) in [5.74, 6) is 0.580. The van der Waals surface area contributed by atoms with Crippen molar-refractivity contribution in [3.63, 3.8) is 0 Å². The lowest BCUT2D eigenvalue weighted by Crippen LogP contribution is -2.37. The van der Waals surface area contributed by atoms with Gasteiger partial charge in [0, 0.05) is 11.5 Å². The molecule has 1 atom stereocenters. The van der Waals surface area contributed by atoms with Gasteiger partial charge < -0.3 is 10.1 Å². The van der Waals surface area contributed by atoms with E-state index in [2.05, 4.69) is 51.9 Å². The van der Waals surface area contributed by atoms with Crippen molar-refractivity contribution in [2.75, 3.05) is 12.4 Å². The second kappa shape index (κ2) is 9.32. The molecule has 32 heavy (non-hydrogen) atoms. The first-order valence-electron chi connectivity index (χ1n) is 10.4. The fourth-order valence-corrected chi connectivity index (χ4v) is 4.47. The van der Waals surface area contributed by atoms with Crippen LogP contribution in [0.3, 0.4) is 0 Å². The van der Waals surface area contributed by atoms with Crippen LogP contribution < -0.4 is 10.1 Å². The first kappa shape index (κ1) is 21.7. The molecule has 0 aliphatic rings. The van der Waals surface area contributed by atoms with E-state index in [9.17, 15) is 4.79 Å². The summed E-state index contributed by atoms with van der Waals surface area (Å²) in [5.41, 5.74) is 5.11. The molecular formula is C26H25N3O2S. The zero-order chi connectivity index (χ0) is 22.6. The lowest BCUT2D eigenvalue weighted by molar-refractivity contribution is -0.124. The Labute approximate surface area is 192 Å². The van der Waals surface area contributed by atoms with Crippen molar-refractivity contribution in [1.82, 2.24) is 10.2 Å². The number of rotatable bonds is 7. The number of para-hydroxylation sites is 1. The average molecular weight is 444 g/mol. The molecule has 0 spiro atoms. The van der Waals surface area contributed by atoms with Gasteiger partial charge in [0.15, 0.2) is 0 Å². The molecule has 0 aliphatic heterocycles. The normalized spacial score (nSPS) is 12.2. The fraction of sp³-hybridized carbons (Fsp3) is 0.192. The van der Waals surface area contributed by atoms with Crippen LogP contribution in [0.1, 0.15) is 30.9 Å². The Hall–Kier alpha value is -3.51. The molecule has 1 unspecified atom stereocenters. The maximum atomic E-state index is 13.3. The van der Waals surface area contributed by atoms with Gasteiger partial charge in [0.2, 0.25) is 11.0 Å². The smallest absolute Gasteiger partial charge is 0.232 e. The maximum absolute atomic E-state index is 13.3. The molecule has 0 saturated carbocycles. The summed E-state index contributed by atoms with van der Waals surface area (Å²) in [6.07, 6.45) is 0. The van der Waals surface area contributed by atoms with Crippen LogP contribution >= 0.6 is 11.3 Å². The highest BCUT2D eigenvalue weighted by Crippen LogP contribution is 2.42. The van der Waals surface area contributed by atoms with Gasteiger partial charge >= 0.3 is 0 Å². The number of benzene rings is 3. The van der Waals surface area contributed by atoms with E-state index in [1.54, 1.807) is 12.6 Å². The SMILES string of the molecule is COc1ccccc1-c1ccc(C(c2ccccc2)C(C)(C)C(=O)Nc2nncs2)cc1. The Kier molecular flexibility index (Phi) is 6.32. The predicted octanol–water partition coefficient (Wildman–Crippen LogP) is 6.01. The van der Waals surface area contributed by atoms with Crippen molar-refractivity contribution in [3.05, 3.63) is 95.5 Å². The van der Waals surface area contributed by atoms with E-state index < -0.39 is 5.41 Å². The van der Waals surface area contributed by atoms with Crippen LogP contribution in [0.25, 0.3) is 11.1 Å². The third-order valence-corrected chi connectivity index (χ3v) is 6.29. The minimum Gasteiger partial charge on any atom is -0.496 e. The summed E-state index contributed by atoms with van der Waals surface area (Å²) in [4.78, 5) is 13.3. The molecule has 0 saturated heterocycles. The van der Waals surface area contributed by atoms with E-state index in [0.29, 0.717) is 5.13 Å². The molecule has 1 heterocycles. The second-order valence-corrected chi connectivity index (χ2v) is 8.92. The van der Waals surface area contributed by atoms with E-state index in [4.69, 9.17) is 4.74 Å². The van der Waals surface area contributed by atoms with Crippen molar-refractivity contribution in [2.45, 2.75) is 19.8 Å². The molecule has 6 heteroatoms. The quantitative estimate of drug-likeness (QED) is 0.380. The summed E-state index contributed by atoms with van der Waals surface area (Å²) >= 11 is 1.31. The van der Waals surface area contributed by atoms with E-state index in [-0.39, 0.29) is 11.8 Å². The van der Waals surface area contributed by atoms with E-state index in [1.807, 2.05) is 56.3 Å². The third kappa shape index (κ3) is 4.41. The number of anilines is 1. The van der Waals surface area contributed by atoms with Gasteiger partial charge in [0.25, 0.3) is 0 Å². The van der Waals surface area contributed by atoms with Gasteiger partial charge in [-0.1, -0.05) is 98.0 Å². The van der Waals surface area contributed by atoms with Gasteiger partial charge in [-0.15, -0.1) is 10.2 Å². The van der Waals surface area contributed by atoms with Gasteiger partial charge in [-0.2, -0.15) is 0 Å². The summed E-state index contributed by atoms with van der Waals surface area (Å²) < 4.78 is 5.52. The second-order valence-electron chi connectivity index (χ2n) is 8.09. The number of nitrogens with one attached hydrogen (secondary N) is 1. The standard InChI is InChI=1S/C26H25N3O2S/c1-26(2,24(30)28-25-29-27-17-32-25)23(19-9-5-4-6-10-19)20-15-13-18(14-16-20)21-11-7-8-12-22(21)31-3/h4-17,23H,1-3H3,(H,28,29,30). The van der Waals surface area contributed by atoms with Gasteiger partial charge in [-0.25, -0.2) is 0 Å². The Morgan fingerprint density at radius 1 is 0.938 bits per heavy atom. The number of ether oxygens (including phenoxy) is 1. The van der Waals surface area contributed by atoms with Crippen molar-refractivity contribution in [3.8, 4) is 16.9 Å². The molecular weight excluding hydrogens is 418 g/mol. The highest BCUT2D eigenvalue weighted by atomic mass is 32.1. The van der Waals surface area contributed by atoms with Crippen LogP contribution in [0.5, 0.6) is 5.75 Å². The molecule has 0 fully saturated rings. The largest absolute Gasteiger partial charge is 0.496 e. The number of hydrogen-bond acceptors (Lipinski definition) is 5. The predicted molar refractivity (Wildman–Crippen MR) is 129 cm³/mol. The van der Waals surface area contributed by atoms with Crippen LogP contribution in [0.4, 0.5) is 5.13 Å². The monoisotopic (exact) mass is 443 g/mol. The first-order valence-corrected chi connectivity index (χ1v) is 11.2. The molecule has 162 valence electrons. The fourth-order valence-electron chi connectivity index (χ4n) is 4.03. The Morgan fingerprint density at radius 3 is 2.25 bits per heavy atom. The van der Waals surface area contributed by atoms with Crippen LogP contribution in [0.15, 0.2) is 84.4 Å². The molecule has 4 rings (SSSR count). The number of amides is 1. The molecule has 5 nitrogen and oxygen atoms in total. The van der Waals surface area contributed by atoms with Gasteiger partial charge in [-0.05, 0) is 22.8 Å². The maximum Gasteiger partial charge on any atom is 0.232 e. The number of hydrogen-bond donors (Lipinski definition) is 1. The van der Waals surface area contributed by atoms with Gasteiger partial charge in [0.1, 0.15) is 11.3 Å². The lowest BCUT2D eigenvalue weighted by atomic mass is 9.70. The molecule has 1 amide bonds. The van der Waals surface area contributed by atoms with Crippen LogP contribution in [-0.2, 0) is 4.79 Å². The van der Waals surface area contributed by atoms with Crippen molar-refractivity contribution >= 4 is 22.4 Å². The minimum atomic E-state index is -0.737. The minimum absolute atomic E-state index is 0.100. The van der Waals surface area contributed by atoms with Crippen LogP contribution in [0, 0.1) is 5.41 Å². The lowest BCUT2D eigenvalue weighted by Gasteiger charge is -2.34. The summed E-state index contributed by atoms with van der Waals surface area (Å²) in [7, 11) is 1.68. The number of carbonyl (C=O) groups is 1. The Bertz CT molecular complexity index is 1170. The average Bonchev–Trinajstić information content (AvgIpc) is 3.33.